The van der Waals surface area contributed by atoms with Gasteiger partial charge in [-0.15, -0.1) is 0 Å². The number of aryl methyl sites for hydroxylation is 1. The van der Waals surface area contributed by atoms with Crippen molar-refractivity contribution in [3.63, 3.8) is 0 Å². The van der Waals surface area contributed by atoms with Crippen molar-refractivity contribution in [3.05, 3.63) is 17.5 Å². The SMILES string of the molecule is CCC(C)(CO)CNCc1cnn(C)c1C. The third-order valence-corrected chi connectivity index (χ3v) is 3.44. The molecule has 0 aliphatic heterocycles. The number of aromatic nitrogens is 2. The summed E-state index contributed by atoms with van der Waals surface area (Å²) in [6, 6.07) is 0. The number of aliphatic hydroxyl groups is 1. The van der Waals surface area contributed by atoms with Gasteiger partial charge in [-0.3, -0.25) is 4.68 Å². The van der Waals surface area contributed by atoms with Crippen molar-refractivity contribution >= 4 is 0 Å². The first-order valence-corrected chi connectivity index (χ1v) is 5.81. The molecule has 0 bridgehead atoms. The summed E-state index contributed by atoms with van der Waals surface area (Å²) in [5, 5.41) is 16.9. The molecule has 0 saturated carbocycles. The predicted octanol–water partition coefficient (Wildman–Crippen LogP) is 1.23. The van der Waals surface area contributed by atoms with Crippen LogP contribution >= 0.6 is 0 Å². The van der Waals surface area contributed by atoms with Gasteiger partial charge in [0.15, 0.2) is 0 Å². The molecule has 1 rings (SSSR count). The average molecular weight is 225 g/mol. The summed E-state index contributed by atoms with van der Waals surface area (Å²) in [5.74, 6) is 0. The molecule has 0 aliphatic carbocycles. The molecular weight excluding hydrogens is 202 g/mol. The molecule has 0 spiro atoms. The Morgan fingerprint density at radius 1 is 1.56 bits per heavy atom. The average Bonchev–Trinajstić information content (AvgIpc) is 2.60. The minimum absolute atomic E-state index is 0.0177. The van der Waals surface area contributed by atoms with Crippen LogP contribution in [0.3, 0.4) is 0 Å². The molecule has 0 amide bonds. The van der Waals surface area contributed by atoms with E-state index in [4.69, 9.17) is 0 Å². The molecule has 0 radical (unpaired) electrons. The molecule has 2 N–H and O–H groups in total. The standard InChI is InChI=1S/C12H23N3O/c1-5-12(3,9-16)8-13-6-11-7-14-15(4)10(11)2/h7,13,16H,5-6,8-9H2,1-4H3. The van der Waals surface area contributed by atoms with Crippen molar-refractivity contribution < 1.29 is 5.11 Å². The monoisotopic (exact) mass is 225 g/mol. The normalized spacial score (nSPS) is 15.1. The van der Waals surface area contributed by atoms with E-state index in [1.165, 1.54) is 11.3 Å². The van der Waals surface area contributed by atoms with Crippen molar-refractivity contribution in [3.8, 4) is 0 Å². The second kappa shape index (κ2) is 5.46. The van der Waals surface area contributed by atoms with Crippen LogP contribution in [-0.4, -0.2) is 28.0 Å². The Hall–Kier alpha value is -0.870. The highest BCUT2D eigenvalue weighted by Gasteiger charge is 2.20. The summed E-state index contributed by atoms with van der Waals surface area (Å²) >= 11 is 0. The van der Waals surface area contributed by atoms with Crippen molar-refractivity contribution in [2.24, 2.45) is 12.5 Å². The molecule has 0 saturated heterocycles. The second-order valence-electron chi connectivity index (χ2n) is 4.80. The van der Waals surface area contributed by atoms with Gasteiger partial charge in [0.25, 0.3) is 0 Å². The molecular formula is C12H23N3O. The number of rotatable bonds is 6. The highest BCUT2D eigenvalue weighted by molar-refractivity contribution is 5.15. The summed E-state index contributed by atoms with van der Waals surface area (Å²) in [6.07, 6.45) is 2.87. The third kappa shape index (κ3) is 3.06. The van der Waals surface area contributed by atoms with E-state index in [0.29, 0.717) is 0 Å². The summed E-state index contributed by atoms with van der Waals surface area (Å²) in [6.45, 7) is 8.13. The fourth-order valence-electron chi connectivity index (χ4n) is 1.51. The first-order chi connectivity index (χ1) is 7.52. The molecule has 0 aromatic carbocycles. The molecule has 1 atom stereocenters. The van der Waals surface area contributed by atoms with Crippen LogP contribution in [0, 0.1) is 12.3 Å². The summed E-state index contributed by atoms with van der Waals surface area (Å²) < 4.78 is 1.88. The van der Waals surface area contributed by atoms with Gasteiger partial charge in [-0.1, -0.05) is 13.8 Å². The van der Waals surface area contributed by atoms with E-state index in [1.54, 1.807) is 0 Å². The van der Waals surface area contributed by atoms with Crippen LogP contribution in [-0.2, 0) is 13.6 Å². The third-order valence-electron chi connectivity index (χ3n) is 3.44. The summed E-state index contributed by atoms with van der Waals surface area (Å²) in [4.78, 5) is 0. The fraction of sp³-hybridized carbons (Fsp3) is 0.750. The molecule has 16 heavy (non-hydrogen) atoms. The molecule has 1 heterocycles. The van der Waals surface area contributed by atoms with Crippen LogP contribution in [0.2, 0.25) is 0 Å². The topological polar surface area (TPSA) is 50.1 Å². The summed E-state index contributed by atoms with van der Waals surface area (Å²) in [7, 11) is 1.95. The molecule has 4 nitrogen and oxygen atoms in total. The van der Waals surface area contributed by atoms with Crippen molar-refractivity contribution in [2.45, 2.75) is 33.7 Å². The maximum absolute atomic E-state index is 9.28. The van der Waals surface area contributed by atoms with E-state index in [0.717, 1.165) is 19.5 Å². The van der Waals surface area contributed by atoms with Gasteiger partial charge in [-0.25, -0.2) is 0 Å². The number of nitrogens with zero attached hydrogens (tertiary/aromatic N) is 2. The van der Waals surface area contributed by atoms with E-state index in [9.17, 15) is 5.11 Å². The Bertz CT molecular complexity index is 329. The van der Waals surface area contributed by atoms with E-state index in [2.05, 4.69) is 31.2 Å². The van der Waals surface area contributed by atoms with Gasteiger partial charge in [0.2, 0.25) is 0 Å². The van der Waals surface area contributed by atoms with Gasteiger partial charge in [-0.2, -0.15) is 5.10 Å². The van der Waals surface area contributed by atoms with Crippen molar-refractivity contribution in [1.29, 1.82) is 0 Å². The number of hydrogen-bond donors (Lipinski definition) is 2. The van der Waals surface area contributed by atoms with Crippen molar-refractivity contribution in [2.75, 3.05) is 13.2 Å². The fourth-order valence-corrected chi connectivity index (χ4v) is 1.51. The maximum atomic E-state index is 9.28. The molecule has 1 aromatic heterocycles. The van der Waals surface area contributed by atoms with Gasteiger partial charge in [0, 0.05) is 43.4 Å². The smallest absolute Gasteiger partial charge is 0.0537 e. The molecule has 0 aliphatic rings. The Balaban J connectivity index is 2.44. The lowest BCUT2D eigenvalue weighted by molar-refractivity contribution is 0.135. The summed E-state index contributed by atoms with van der Waals surface area (Å²) in [5.41, 5.74) is 2.39. The van der Waals surface area contributed by atoms with Gasteiger partial charge >= 0.3 is 0 Å². The lowest BCUT2D eigenvalue weighted by Crippen LogP contribution is -2.34. The Labute approximate surface area is 97.7 Å². The number of aliphatic hydroxyl groups excluding tert-OH is 1. The number of hydrogen-bond acceptors (Lipinski definition) is 3. The van der Waals surface area contributed by atoms with E-state index in [1.807, 2.05) is 17.9 Å². The molecule has 1 aromatic rings. The van der Waals surface area contributed by atoms with E-state index < -0.39 is 0 Å². The predicted molar refractivity (Wildman–Crippen MR) is 65.1 cm³/mol. The Morgan fingerprint density at radius 2 is 2.25 bits per heavy atom. The largest absolute Gasteiger partial charge is 0.396 e. The van der Waals surface area contributed by atoms with E-state index >= 15 is 0 Å². The van der Waals surface area contributed by atoms with Crippen LogP contribution in [0.5, 0.6) is 0 Å². The van der Waals surface area contributed by atoms with Crippen LogP contribution in [0.15, 0.2) is 6.20 Å². The zero-order valence-corrected chi connectivity index (χ0v) is 10.7. The zero-order valence-electron chi connectivity index (χ0n) is 10.7. The minimum Gasteiger partial charge on any atom is -0.396 e. The Morgan fingerprint density at radius 3 is 2.69 bits per heavy atom. The molecule has 92 valence electrons. The van der Waals surface area contributed by atoms with Gasteiger partial charge < -0.3 is 10.4 Å². The van der Waals surface area contributed by atoms with Crippen LogP contribution in [0.25, 0.3) is 0 Å². The lowest BCUT2D eigenvalue weighted by atomic mass is 9.88. The van der Waals surface area contributed by atoms with E-state index in [-0.39, 0.29) is 12.0 Å². The lowest BCUT2D eigenvalue weighted by Gasteiger charge is -2.25. The van der Waals surface area contributed by atoms with Gasteiger partial charge in [-0.05, 0) is 13.3 Å². The first-order valence-electron chi connectivity index (χ1n) is 5.81. The van der Waals surface area contributed by atoms with Crippen molar-refractivity contribution in [1.82, 2.24) is 15.1 Å². The quantitative estimate of drug-likeness (QED) is 0.765. The number of nitrogens with one attached hydrogen (secondary N) is 1. The second-order valence-corrected chi connectivity index (χ2v) is 4.80. The highest BCUT2D eigenvalue weighted by atomic mass is 16.3. The molecule has 0 fully saturated rings. The highest BCUT2D eigenvalue weighted by Crippen LogP contribution is 2.18. The van der Waals surface area contributed by atoms with Crippen LogP contribution < -0.4 is 5.32 Å². The zero-order chi connectivity index (χ0) is 12.2. The van der Waals surface area contributed by atoms with Crippen LogP contribution in [0.1, 0.15) is 31.5 Å². The molecule has 4 heteroatoms. The van der Waals surface area contributed by atoms with Gasteiger partial charge in [0.1, 0.15) is 0 Å². The molecule has 1 unspecified atom stereocenters. The first kappa shape index (κ1) is 13.2. The van der Waals surface area contributed by atoms with Gasteiger partial charge in [0.05, 0.1) is 6.20 Å². The van der Waals surface area contributed by atoms with Crippen LogP contribution in [0.4, 0.5) is 0 Å². The maximum Gasteiger partial charge on any atom is 0.0537 e. The Kier molecular flexibility index (Phi) is 4.50. The minimum atomic E-state index is -0.0177.